The Bertz CT molecular complexity index is 478. The maximum absolute atomic E-state index is 11.6. The molecule has 1 aliphatic carbocycles. The van der Waals surface area contributed by atoms with Gasteiger partial charge in [0.2, 0.25) is 0 Å². The normalized spacial score (nSPS) is 22.5. The second kappa shape index (κ2) is 5.83. The Kier molecular flexibility index (Phi) is 3.92. The summed E-state index contributed by atoms with van der Waals surface area (Å²) in [5.41, 5.74) is 7.18. The summed E-state index contributed by atoms with van der Waals surface area (Å²) in [6, 6.07) is 8.85. The predicted molar refractivity (Wildman–Crippen MR) is 81.0 cm³/mol. The average molecular weight is 273 g/mol. The third-order valence-electron chi connectivity index (χ3n) is 4.30. The molecule has 2 aliphatic rings. The summed E-state index contributed by atoms with van der Waals surface area (Å²) in [5, 5.41) is 3.59. The van der Waals surface area contributed by atoms with Gasteiger partial charge in [0.05, 0.1) is 5.56 Å². The summed E-state index contributed by atoms with van der Waals surface area (Å²) in [5.74, 6) is -0.331. The zero-order valence-electron chi connectivity index (χ0n) is 11.8. The Hall–Kier alpha value is -1.55. The summed E-state index contributed by atoms with van der Waals surface area (Å²) in [6.07, 6.45) is 6.24. The number of carbonyl (C=O) groups is 1. The number of rotatable bonds is 5. The van der Waals surface area contributed by atoms with E-state index in [9.17, 15) is 4.79 Å². The van der Waals surface area contributed by atoms with Crippen LogP contribution in [0.4, 0.5) is 5.69 Å². The lowest BCUT2D eigenvalue weighted by atomic mass is 10.0. The predicted octanol–water partition coefficient (Wildman–Crippen LogP) is 1.90. The van der Waals surface area contributed by atoms with Crippen molar-refractivity contribution in [3.8, 4) is 0 Å². The minimum Gasteiger partial charge on any atom is -0.366 e. The highest BCUT2D eigenvalue weighted by atomic mass is 16.1. The Labute approximate surface area is 120 Å². The van der Waals surface area contributed by atoms with Gasteiger partial charge in [-0.15, -0.1) is 0 Å². The minimum absolute atomic E-state index is 0.331. The van der Waals surface area contributed by atoms with E-state index in [2.05, 4.69) is 10.2 Å². The Morgan fingerprint density at radius 2 is 2.05 bits per heavy atom. The fourth-order valence-corrected chi connectivity index (χ4v) is 3.08. The molecule has 1 aromatic carbocycles. The zero-order chi connectivity index (χ0) is 13.9. The monoisotopic (exact) mass is 273 g/mol. The highest BCUT2D eigenvalue weighted by Crippen LogP contribution is 2.34. The number of nitrogens with zero attached hydrogens (tertiary/aromatic N) is 1. The van der Waals surface area contributed by atoms with Crippen LogP contribution in [0.5, 0.6) is 0 Å². The SMILES string of the molecule is NC(=O)c1ccccc1N(CC1CCCCN1)C1CC1. The first-order chi connectivity index (χ1) is 9.75. The summed E-state index contributed by atoms with van der Waals surface area (Å²) < 4.78 is 0. The molecule has 4 heteroatoms. The van der Waals surface area contributed by atoms with Crippen molar-refractivity contribution in [2.75, 3.05) is 18.0 Å². The van der Waals surface area contributed by atoms with Gasteiger partial charge in [-0.05, 0) is 44.4 Å². The largest absolute Gasteiger partial charge is 0.366 e. The Morgan fingerprint density at radius 1 is 1.25 bits per heavy atom. The van der Waals surface area contributed by atoms with Crippen molar-refractivity contribution in [3.63, 3.8) is 0 Å². The number of hydrogen-bond donors (Lipinski definition) is 2. The van der Waals surface area contributed by atoms with Crippen LogP contribution in [0.15, 0.2) is 24.3 Å². The molecule has 1 aliphatic heterocycles. The first-order valence-electron chi connectivity index (χ1n) is 7.64. The smallest absolute Gasteiger partial charge is 0.250 e. The highest BCUT2D eigenvalue weighted by molar-refractivity contribution is 5.98. The third-order valence-corrected chi connectivity index (χ3v) is 4.30. The van der Waals surface area contributed by atoms with Crippen LogP contribution < -0.4 is 16.0 Å². The molecule has 1 saturated carbocycles. The lowest BCUT2D eigenvalue weighted by Gasteiger charge is -2.33. The summed E-state index contributed by atoms with van der Waals surface area (Å²) in [7, 11) is 0. The van der Waals surface area contributed by atoms with Gasteiger partial charge in [-0.1, -0.05) is 18.6 Å². The average Bonchev–Trinajstić information content (AvgIpc) is 3.30. The van der Waals surface area contributed by atoms with Gasteiger partial charge in [0, 0.05) is 24.3 Å². The maximum atomic E-state index is 11.6. The van der Waals surface area contributed by atoms with Crippen molar-refractivity contribution >= 4 is 11.6 Å². The van der Waals surface area contributed by atoms with Crippen LogP contribution in [0.2, 0.25) is 0 Å². The van der Waals surface area contributed by atoms with Gasteiger partial charge in [0.15, 0.2) is 0 Å². The fourth-order valence-electron chi connectivity index (χ4n) is 3.08. The Morgan fingerprint density at radius 3 is 2.70 bits per heavy atom. The molecule has 1 unspecified atom stereocenters. The molecule has 3 N–H and O–H groups in total. The molecule has 0 bridgehead atoms. The lowest BCUT2D eigenvalue weighted by molar-refractivity contribution is 0.100. The van der Waals surface area contributed by atoms with Crippen LogP contribution in [0.25, 0.3) is 0 Å². The molecule has 1 amide bonds. The molecule has 1 atom stereocenters. The van der Waals surface area contributed by atoms with Crippen LogP contribution in [0.3, 0.4) is 0 Å². The molecule has 1 saturated heterocycles. The van der Waals surface area contributed by atoms with Gasteiger partial charge in [-0.3, -0.25) is 4.79 Å². The fraction of sp³-hybridized carbons (Fsp3) is 0.562. The molecular formula is C16H23N3O. The molecule has 2 fully saturated rings. The number of carbonyl (C=O) groups excluding carboxylic acids is 1. The van der Waals surface area contributed by atoms with Crippen LogP contribution in [0, 0.1) is 0 Å². The maximum Gasteiger partial charge on any atom is 0.250 e. The topological polar surface area (TPSA) is 58.4 Å². The van der Waals surface area contributed by atoms with E-state index in [-0.39, 0.29) is 5.91 Å². The number of piperidine rings is 1. The van der Waals surface area contributed by atoms with Crippen LogP contribution in [0.1, 0.15) is 42.5 Å². The van der Waals surface area contributed by atoms with E-state index in [4.69, 9.17) is 5.73 Å². The molecule has 20 heavy (non-hydrogen) atoms. The molecule has 4 nitrogen and oxygen atoms in total. The standard InChI is InChI=1S/C16H23N3O/c17-16(20)14-6-1-2-7-15(14)19(13-8-9-13)11-12-5-3-4-10-18-12/h1-2,6-7,12-13,18H,3-5,8-11H2,(H2,17,20). The van der Waals surface area contributed by atoms with Gasteiger partial charge in [0.1, 0.15) is 0 Å². The van der Waals surface area contributed by atoms with E-state index in [1.54, 1.807) is 0 Å². The van der Waals surface area contributed by atoms with Crippen molar-refractivity contribution in [2.45, 2.75) is 44.2 Å². The molecule has 0 radical (unpaired) electrons. The summed E-state index contributed by atoms with van der Waals surface area (Å²) in [6.45, 7) is 2.09. The van der Waals surface area contributed by atoms with E-state index < -0.39 is 0 Å². The lowest BCUT2D eigenvalue weighted by Crippen LogP contribution is -2.45. The van der Waals surface area contributed by atoms with E-state index in [1.165, 1.54) is 32.1 Å². The van der Waals surface area contributed by atoms with Crippen molar-refractivity contribution in [3.05, 3.63) is 29.8 Å². The van der Waals surface area contributed by atoms with Gasteiger partial charge in [-0.2, -0.15) is 0 Å². The van der Waals surface area contributed by atoms with Crippen molar-refractivity contribution in [1.29, 1.82) is 0 Å². The van der Waals surface area contributed by atoms with Crippen molar-refractivity contribution in [1.82, 2.24) is 5.32 Å². The summed E-state index contributed by atoms with van der Waals surface area (Å²) >= 11 is 0. The van der Waals surface area contributed by atoms with E-state index >= 15 is 0 Å². The van der Waals surface area contributed by atoms with E-state index in [0.717, 1.165) is 18.8 Å². The van der Waals surface area contributed by atoms with Gasteiger partial charge in [0.25, 0.3) is 5.91 Å². The number of anilines is 1. The number of hydrogen-bond acceptors (Lipinski definition) is 3. The van der Waals surface area contributed by atoms with Crippen LogP contribution in [-0.2, 0) is 0 Å². The molecule has 1 aromatic rings. The first kappa shape index (κ1) is 13.4. The highest BCUT2D eigenvalue weighted by Gasteiger charge is 2.32. The first-order valence-corrected chi connectivity index (χ1v) is 7.64. The second-order valence-electron chi connectivity index (χ2n) is 5.91. The number of primary amides is 1. The van der Waals surface area contributed by atoms with E-state index in [0.29, 0.717) is 17.6 Å². The number of nitrogens with one attached hydrogen (secondary N) is 1. The third kappa shape index (κ3) is 2.96. The zero-order valence-corrected chi connectivity index (χ0v) is 11.8. The van der Waals surface area contributed by atoms with E-state index in [1.807, 2.05) is 24.3 Å². The number of nitrogens with two attached hydrogens (primary N) is 1. The molecule has 1 heterocycles. The second-order valence-corrected chi connectivity index (χ2v) is 5.91. The van der Waals surface area contributed by atoms with Crippen molar-refractivity contribution in [2.24, 2.45) is 5.73 Å². The van der Waals surface area contributed by atoms with Crippen LogP contribution in [-0.4, -0.2) is 31.1 Å². The molecular weight excluding hydrogens is 250 g/mol. The molecule has 3 rings (SSSR count). The number of amides is 1. The van der Waals surface area contributed by atoms with Gasteiger partial charge < -0.3 is 16.0 Å². The number of para-hydroxylation sites is 1. The summed E-state index contributed by atoms with van der Waals surface area (Å²) in [4.78, 5) is 14.0. The molecule has 0 aromatic heterocycles. The number of benzene rings is 1. The quantitative estimate of drug-likeness (QED) is 0.861. The van der Waals surface area contributed by atoms with Crippen LogP contribution >= 0.6 is 0 Å². The van der Waals surface area contributed by atoms with Gasteiger partial charge in [-0.25, -0.2) is 0 Å². The van der Waals surface area contributed by atoms with Gasteiger partial charge >= 0.3 is 0 Å². The van der Waals surface area contributed by atoms with Crippen molar-refractivity contribution < 1.29 is 4.79 Å². The Balaban J connectivity index is 1.81. The molecule has 108 valence electrons. The molecule has 0 spiro atoms. The minimum atomic E-state index is -0.331.